The largest absolute Gasteiger partial charge is 0.444 e. The highest BCUT2D eigenvalue weighted by Gasteiger charge is 2.29. The smallest absolute Gasteiger partial charge is 0.407 e. The molecule has 0 aliphatic rings. The summed E-state index contributed by atoms with van der Waals surface area (Å²) in [6.45, 7) is 7.96. The Hall–Kier alpha value is -3.83. The van der Waals surface area contributed by atoms with Crippen LogP contribution in [0.4, 0.5) is 10.5 Å². The maximum absolute atomic E-state index is 13.0. The minimum absolute atomic E-state index is 0.0202. The number of aliphatic hydroxyl groups is 1. The molecule has 1 rings (SSSR count). The van der Waals surface area contributed by atoms with Gasteiger partial charge in [0.15, 0.2) is 0 Å². The van der Waals surface area contributed by atoms with Crippen molar-refractivity contribution >= 4 is 29.5 Å². The Morgan fingerprint density at radius 3 is 2.25 bits per heavy atom. The number of nitrogens with zero attached hydrogens (tertiary/aromatic N) is 3. The summed E-state index contributed by atoms with van der Waals surface area (Å²) in [7, 11) is 0. The summed E-state index contributed by atoms with van der Waals surface area (Å²) in [5.74, 6) is -2.14. The number of hydrogen-bond acceptors (Lipinski definition) is 7. The minimum atomic E-state index is -1.07. The Balaban J connectivity index is 2.96. The summed E-state index contributed by atoms with van der Waals surface area (Å²) in [6, 6.07) is 4.43. The molecule has 1 aromatic carbocycles. The van der Waals surface area contributed by atoms with Gasteiger partial charge in [0, 0.05) is 17.1 Å². The molecular weight excluding hydrogens is 470 g/mol. The number of nitrogens with one attached hydrogen (secondary N) is 4. The van der Waals surface area contributed by atoms with E-state index < -0.39 is 48.0 Å². The molecule has 0 radical (unpaired) electrons. The van der Waals surface area contributed by atoms with Crippen molar-refractivity contribution in [1.82, 2.24) is 16.0 Å². The van der Waals surface area contributed by atoms with Crippen molar-refractivity contribution in [2.24, 2.45) is 11.0 Å². The topological polar surface area (TPSA) is 195 Å². The van der Waals surface area contributed by atoms with Gasteiger partial charge in [0.25, 0.3) is 0 Å². The molecule has 0 spiro atoms. The lowest BCUT2D eigenvalue weighted by Crippen LogP contribution is -2.55. The standard InChI is InChI=1S/C23H35N7O6/c1-14(2)19(29-18(32)12-26-30-24)21(34)28-17(10-11-25-22(35)36-23(3,4)5)20(33)27-16-8-6-15(13-31)7-9-16/h6-9,14,17,19,31H,10-13H2,1-5H3,(H,25,35)(H,27,33)(H,28,34)(H,29,32)/t17-,19-/m0/s1. The predicted molar refractivity (Wildman–Crippen MR) is 133 cm³/mol. The van der Waals surface area contributed by atoms with E-state index in [1.54, 1.807) is 58.9 Å². The molecule has 0 aliphatic carbocycles. The van der Waals surface area contributed by atoms with Gasteiger partial charge in [-0.3, -0.25) is 14.4 Å². The van der Waals surface area contributed by atoms with Gasteiger partial charge in [-0.25, -0.2) is 4.79 Å². The number of amides is 4. The number of rotatable bonds is 12. The quantitative estimate of drug-likeness (QED) is 0.163. The molecule has 2 atom stereocenters. The number of alkyl carbamates (subject to hydrolysis) is 1. The van der Waals surface area contributed by atoms with Gasteiger partial charge in [-0.2, -0.15) is 0 Å². The third-order valence-corrected chi connectivity index (χ3v) is 4.68. The Morgan fingerprint density at radius 1 is 1.08 bits per heavy atom. The number of aliphatic hydroxyl groups excluding tert-OH is 1. The maximum atomic E-state index is 13.0. The van der Waals surface area contributed by atoms with Crippen LogP contribution in [0.15, 0.2) is 29.4 Å². The van der Waals surface area contributed by atoms with Crippen molar-refractivity contribution in [3.8, 4) is 0 Å². The van der Waals surface area contributed by atoms with Crippen molar-refractivity contribution in [2.45, 2.75) is 65.3 Å². The van der Waals surface area contributed by atoms with Crippen LogP contribution < -0.4 is 21.3 Å². The monoisotopic (exact) mass is 505 g/mol. The van der Waals surface area contributed by atoms with Crippen LogP contribution in [0, 0.1) is 5.92 Å². The normalized spacial score (nSPS) is 12.5. The van der Waals surface area contributed by atoms with Gasteiger partial charge in [-0.15, -0.1) is 0 Å². The van der Waals surface area contributed by atoms with E-state index in [2.05, 4.69) is 31.3 Å². The molecule has 0 saturated heterocycles. The molecule has 0 saturated carbocycles. The fourth-order valence-electron chi connectivity index (χ4n) is 2.94. The Bertz CT molecular complexity index is 953. The maximum Gasteiger partial charge on any atom is 0.407 e. The second kappa shape index (κ2) is 14.5. The lowest BCUT2D eigenvalue weighted by Gasteiger charge is -2.25. The number of ether oxygens (including phenoxy) is 1. The molecule has 36 heavy (non-hydrogen) atoms. The van der Waals surface area contributed by atoms with Crippen LogP contribution in [0.25, 0.3) is 10.4 Å². The summed E-state index contributed by atoms with van der Waals surface area (Å²) in [5, 5.41) is 22.7. The highest BCUT2D eigenvalue weighted by Crippen LogP contribution is 2.11. The molecule has 0 fully saturated rings. The number of carbonyl (C=O) groups excluding carboxylic acids is 4. The van der Waals surface area contributed by atoms with E-state index in [9.17, 15) is 24.3 Å². The van der Waals surface area contributed by atoms with Crippen LogP contribution in [-0.2, 0) is 25.7 Å². The van der Waals surface area contributed by atoms with Gasteiger partial charge in [-0.05, 0) is 56.3 Å². The van der Waals surface area contributed by atoms with Crippen molar-refractivity contribution in [3.63, 3.8) is 0 Å². The number of benzene rings is 1. The van der Waals surface area contributed by atoms with E-state index in [0.29, 0.717) is 11.3 Å². The summed E-state index contributed by atoms with van der Waals surface area (Å²) in [4.78, 5) is 52.4. The first-order chi connectivity index (χ1) is 16.9. The van der Waals surface area contributed by atoms with E-state index in [-0.39, 0.29) is 25.5 Å². The minimum Gasteiger partial charge on any atom is -0.444 e. The van der Waals surface area contributed by atoms with E-state index in [4.69, 9.17) is 10.3 Å². The zero-order valence-electron chi connectivity index (χ0n) is 21.2. The van der Waals surface area contributed by atoms with E-state index in [1.165, 1.54) is 0 Å². The molecule has 13 heteroatoms. The molecule has 0 unspecified atom stereocenters. The Kier molecular flexibility index (Phi) is 12.2. The molecule has 13 nitrogen and oxygen atoms in total. The average Bonchev–Trinajstić information content (AvgIpc) is 2.79. The molecule has 0 aliphatic heterocycles. The van der Waals surface area contributed by atoms with E-state index >= 15 is 0 Å². The molecule has 4 amide bonds. The van der Waals surface area contributed by atoms with Gasteiger partial charge in [-0.1, -0.05) is 31.1 Å². The number of azide groups is 1. The molecule has 0 heterocycles. The first-order valence-electron chi connectivity index (χ1n) is 11.4. The highest BCUT2D eigenvalue weighted by molar-refractivity contribution is 5.98. The lowest BCUT2D eigenvalue weighted by atomic mass is 10.0. The molecule has 0 aromatic heterocycles. The third-order valence-electron chi connectivity index (χ3n) is 4.68. The number of carbonyl (C=O) groups is 4. The summed E-state index contributed by atoms with van der Waals surface area (Å²) in [5.41, 5.74) is 8.79. The average molecular weight is 506 g/mol. The van der Waals surface area contributed by atoms with Crippen LogP contribution in [0.3, 0.4) is 0 Å². The zero-order valence-corrected chi connectivity index (χ0v) is 21.2. The fourth-order valence-corrected chi connectivity index (χ4v) is 2.94. The lowest BCUT2D eigenvalue weighted by molar-refractivity contribution is -0.131. The van der Waals surface area contributed by atoms with Crippen LogP contribution >= 0.6 is 0 Å². The van der Waals surface area contributed by atoms with Crippen LogP contribution in [0.2, 0.25) is 0 Å². The molecule has 198 valence electrons. The SMILES string of the molecule is CC(C)[C@H](NC(=O)CN=[N+]=[N-])C(=O)N[C@@H](CCNC(=O)OC(C)(C)C)C(=O)Nc1ccc(CO)cc1. The van der Waals surface area contributed by atoms with Crippen molar-refractivity contribution in [2.75, 3.05) is 18.4 Å². The van der Waals surface area contributed by atoms with Gasteiger partial charge >= 0.3 is 6.09 Å². The first-order valence-corrected chi connectivity index (χ1v) is 11.4. The Morgan fingerprint density at radius 2 is 1.72 bits per heavy atom. The third kappa shape index (κ3) is 11.5. The fraction of sp³-hybridized carbons (Fsp3) is 0.565. The predicted octanol–water partition coefficient (Wildman–Crippen LogP) is 1.97. The molecule has 0 bridgehead atoms. The second-order valence-electron chi connectivity index (χ2n) is 9.30. The zero-order chi connectivity index (χ0) is 27.3. The molecule has 5 N–H and O–H groups in total. The highest BCUT2D eigenvalue weighted by atomic mass is 16.6. The van der Waals surface area contributed by atoms with Crippen molar-refractivity contribution in [1.29, 1.82) is 0 Å². The van der Waals surface area contributed by atoms with E-state index in [1.807, 2.05) is 0 Å². The van der Waals surface area contributed by atoms with Gasteiger partial charge in [0.2, 0.25) is 17.7 Å². The first kappa shape index (κ1) is 30.2. The van der Waals surface area contributed by atoms with Gasteiger partial charge < -0.3 is 31.1 Å². The molecular formula is C23H35N7O6. The van der Waals surface area contributed by atoms with Crippen LogP contribution in [0.1, 0.15) is 46.6 Å². The van der Waals surface area contributed by atoms with Crippen molar-refractivity contribution in [3.05, 3.63) is 40.3 Å². The van der Waals surface area contributed by atoms with Crippen molar-refractivity contribution < 1.29 is 29.0 Å². The van der Waals surface area contributed by atoms with Gasteiger partial charge in [0.05, 0.1) is 6.61 Å². The molecule has 1 aromatic rings. The van der Waals surface area contributed by atoms with Crippen LogP contribution in [0.5, 0.6) is 0 Å². The number of hydrogen-bond donors (Lipinski definition) is 5. The van der Waals surface area contributed by atoms with E-state index in [0.717, 1.165) is 0 Å². The Labute approximate surface area is 210 Å². The summed E-state index contributed by atoms with van der Waals surface area (Å²) < 4.78 is 5.18. The second-order valence-corrected chi connectivity index (χ2v) is 9.30. The van der Waals surface area contributed by atoms with Gasteiger partial charge in [0.1, 0.15) is 24.2 Å². The van der Waals surface area contributed by atoms with Crippen LogP contribution in [-0.4, -0.2) is 59.7 Å². The summed E-state index contributed by atoms with van der Waals surface area (Å²) in [6.07, 6.45) is -0.638. The number of anilines is 1. The summed E-state index contributed by atoms with van der Waals surface area (Å²) >= 11 is 0.